The van der Waals surface area contributed by atoms with E-state index in [1.165, 1.54) is 48.6 Å². The Balaban J connectivity index is 1.33. The first-order chi connectivity index (χ1) is 8.92. The van der Waals surface area contributed by atoms with E-state index in [0.717, 1.165) is 19.1 Å². The average molecular weight is 282 g/mol. The van der Waals surface area contributed by atoms with Crippen LogP contribution in [0.2, 0.25) is 0 Å². The van der Waals surface area contributed by atoms with Crippen molar-refractivity contribution < 1.29 is 0 Å². The van der Waals surface area contributed by atoms with Gasteiger partial charge in [0.2, 0.25) is 0 Å². The van der Waals surface area contributed by atoms with E-state index in [-0.39, 0.29) is 0 Å². The van der Waals surface area contributed by atoms with Crippen LogP contribution in [-0.2, 0) is 18.7 Å². The van der Waals surface area contributed by atoms with E-state index in [1.807, 2.05) is 11.3 Å². The normalized spacial score (nSPS) is 18.9. The van der Waals surface area contributed by atoms with Crippen molar-refractivity contribution in [3.63, 3.8) is 0 Å². The molecule has 18 heavy (non-hydrogen) atoms. The molecule has 0 amide bonds. The van der Waals surface area contributed by atoms with Gasteiger partial charge < -0.3 is 10.6 Å². The van der Waals surface area contributed by atoms with Crippen molar-refractivity contribution in [2.75, 3.05) is 18.8 Å². The Morgan fingerprint density at radius 1 is 1.28 bits per heavy atom. The van der Waals surface area contributed by atoms with E-state index in [0.29, 0.717) is 0 Å². The maximum Gasteiger partial charge on any atom is 0.0299 e. The molecule has 2 nitrogen and oxygen atoms in total. The first-order valence-electron chi connectivity index (χ1n) is 7.04. The van der Waals surface area contributed by atoms with E-state index in [2.05, 4.69) is 28.5 Å². The van der Waals surface area contributed by atoms with Gasteiger partial charge in [-0.2, -0.15) is 11.8 Å². The summed E-state index contributed by atoms with van der Waals surface area (Å²) in [6.45, 7) is 3.37. The molecule has 0 bridgehead atoms. The Morgan fingerprint density at radius 2 is 2.22 bits per heavy atom. The molecular formula is C14H22N2S2. The van der Waals surface area contributed by atoms with Gasteiger partial charge in [-0.15, -0.1) is 11.3 Å². The van der Waals surface area contributed by atoms with E-state index in [1.54, 1.807) is 10.4 Å². The fourth-order valence-corrected chi connectivity index (χ4v) is 4.66. The SMILES string of the molecule is c1c(CNCCCNC2CC2)sc2c1CSCC2. The standard InChI is InChI=1S/C14H22N2S2/c1(6-16-12-2-3-12)5-15-9-13-8-11-10-17-7-4-14(11)18-13/h8,12,15-16H,1-7,9-10H2. The van der Waals surface area contributed by atoms with Gasteiger partial charge in [0.25, 0.3) is 0 Å². The van der Waals surface area contributed by atoms with Crippen molar-refractivity contribution >= 4 is 23.1 Å². The molecule has 4 heteroatoms. The Labute approximate surface area is 118 Å². The maximum atomic E-state index is 3.57. The van der Waals surface area contributed by atoms with Gasteiger partial charge in [0.1, 0.15) is 0 Å². The van der Waals surface area contributed by atoms with E-state index < -0.39 is 0 Å². The van der Waals surface area contributed by atoms with Crippen molar-refractivity contribution in [1.82, 2.24) is 10.6 Å². The van der Waals surface area contributed by atoms with Crippen LogP contribution in [0.3, 0.4) is 0 Å². The number of nitrogens with one attached hydrogen (secondary N) is 2. The monoisotopic (exact) mass is 282 g/mol. The fraction of sp³-hybridized carbons (Fsp3) is 0.714. The van der Waals surface area contributed by atoms with Gasteiger partial charge in [-0.25, -0.2) is 0 Å². The Kier molecular flexibility index (Phi) is 4.63. The number of thioether (sulfide) groups is 1. The Bertz CT molecular complexity index is 362. The van der Waals surface area contributed by atoms with Gasteiger partial charge in [0.15, 0.2) is 0 Å². The molecule has 1 aromatic rings. The first-order valence-corrected chi connectivity index (χ1v) is 9.01. The van der Waals surface area contributed by atoms with Gasteiger partial charge in [0, 0.05) is 28.1 Å². The van der Waals surface area contributed by atoms with Gasteiger partial charge in [0.05, 0.1) is 0 Å². The summed E-state index contributed by atoms with van der Waals surface area (Å²) in [5.74, 6) is 2.55. The van der Waals surface area contributed by atoms with Crippen LogP contribution in [0, 0.1) is 0 Å². The second-order valence-electron chi connectivity index (χ2n) is 5.22. The van der Waals surface area contributed by atoms with Gasteiger partial charge in [-0.3, -0.25) is 0 Å². The molecule has 0 unspecified atom stereocenters. The van der Waals surface area contributed by atoms with Crippen LogP contribution in [0.5, 0.6) is 0 Å². The minimum absolute atomic E-state index is 0.853. The summed E-state index contributed by atoms with van der Waals surface area (Å²) in [6.07, 6.45) is 5.33. The molecule has 2 aliphatic rings. The Hall–Kier alpha value is -0.0300. The molecule has 1 saturated carbocycles. The highest BCUT2D eigenvalue weighted by molar-refractivity contribution is 7.98. The van der Waals surface area contributed by atoms with E-state index >= 15 is 0 Å². The third-order valence-electron chi connectivity index (χ3n) is 3.52. The number of fused-ring (bicyclic) bond motifs is 1. The zero-order valence-electron chi connectivity index (χ0n) is 10.8. The van der Waals surface area contributed by atoms with Gasteiger partial charge in [-0.05, 0) is 56.2 Å². The molecule has 1 aromatic heterocycles. The second-order valence-corrected chi connectivity index (χ2v) is 7.55. The molecule has 2 heterocycles. The van der Waals surface area contributed by atoms with Crippen LogP contribution >= 0.6 is 23.1 Å². The van der Waals surface area contributed by atoms with E-state index in [9.17, 15) is 0 Å². The summed E-state index contributed by atoms with van der Waals surface area (Å²) in [5, 5.41) is 7.12. The van der Waals surface area contributed by atoms with Crippen LogP contribution in [0.1, 0.15) is 34.6 Å². The lowest BCUT2D eigenvalue weighted by Gasteiger charge is -2.08. The predicted octanol–water partition coefficient (Wildman–Crippen LogP) is 2.77. The highest BCUT2D eigenvalue weighted by Crippen LogP contribution is 2.31. The second kappa shape index (κ2) is 6.42. The summed E-state index contributed by atoms with van der Waals surface area (Å²) in [7, 11) is 0. The highest BCUT2D eigenvalue weighted by atomic mass is 32.2. The van der Waals surface area contributed by atoms with Crippen molar-refractivity contribution in [1.29, 1.82) is 0 Å². The number of rotatable bonds is 7. The molecule has 0 saturated heterocycles. The van der Waals surface area contributed by atoms with Crippen molar-refractivity contribution in [3.05, 3.63) is 21.4 Å². The van der Waals surface area contributed by atoms with Crippen LogP contribution in [-0.4, -0.2) is 24.9 Å². The molecule has 2 N–H and O–H groups in total. The fourth-order valence-electron chi connectivity index (χ4n) is 2.31. The number of hydrogen-bond donors (Lipinski definition) is 2. The van der Waals surface area contributed by atoms with Crippen molar-refractivity contribution in [3.8, 4) is 0 Å². The molecule has 1 aliphatic heterocycles. The summed E-state index contributed by atoms with van der Waals surface area (Å²) in [4.78, 5) is 3.17. The highest BCUT2D eigenvalue weighted by Gasteiger charge is 2.19. The quantitative estimate of drug-likeness (QED) is 0.752. The molecule has 0 radical (unpaired) electrons. The lowest BCUT2D eigenvalue weighted by molar-refractivity contribution is 0.595. The van der Waals surface area contributed by atoms with Crippen LogP contribution in [0.15, 0.2) is 6.07 Å². The van der Waals surface area contributed by atoms with Crippen molar-refractivity contribution in [2.24, 2.45) is 0 Å². The molecule has 0 atom stereocenters. The predicted molar refractivity (Wildman–Crippen MR) is 81.5 cm³/mol. The molecule has 3 rings (SSSR count). The largest absolute Gasteiger partial charge is 0.314 e. The zero-order valence-corrected chi connectivity index (χ0v) is 12.5. The lowest BCUT2D eigenvalue weighted by Crippen LogP contribution is -2.22. The summed E-state index contributed by atoms with van der Waals surface area (Å²) < 4.78 is 0. The number of thiophene rings is 1. The third kappa shape index (κ3) is 3.73. The maximum absolute atomic E-state index is 3.57. The number of aryl methyl sites for hydroxylation is 1. The summed E-state index contributed by atoms with van der Waals surface area (Å²) in [5.41, 5.74) is 1.60. The Morgan fingerprint density at radius 3 is 3.06 bits per heavy atom. The third-order valence-corrected chi connectivity index (χ3v) is 5.76. The zero-order chi connectivity index (χ0) is 12.2. The summed E-state index contributed by atoms with van der Waals surface area (Å²) >= 11 is 4.09. The van der Waals surface area contributed by atoms with Crippen molar-refractivity contribution in [2.45, 2.75) is 44.0 Å². The summed E-state index contributed by atoms with van der Waals surface area (Å²) in [6, 6.07) is 3.27. The minimum Gasteiger partial charge on any atom is -0.314 e. The number of hydrogen-bond acceptors (Lipinski definition) is 4. The molecule has 0 aromatic carbocycles. The molecule has 1 aliphatic carbocycles. The molecular weight excluding hydrogens is 260 g/mol. The molecule has 100 valence electrons. The lowest BCUT2D eigenvalue weighted by atomic mass is 10.2. The first kappa shape index (κ1) is 13.0. The minimum atomic E-state index is 0.853. The van der Waals surface area contributed by atoms with Crippen LogP contribution < -0.4 is 10.6 Å². The van der Waals surface area contributed by atoms with E-state index in [4.69, 9.17) is 0 Å². The average Bonchev–Trinajstić information content (AvgIpc) is 3.11. The topological polar surface area (TPSA) is 24.1 Å². The van der Waals surface area contributed by atoms with Gasteiger partial charge >= 0.3 is 0 Å². The molecule has 1 fully saturated rings. The molecule has 0 spiro atoms. The van der Waals surface area contributed by atoms with Crippen LogP contribution in [0.25, 0.3) is 0 Å². The van der Waals surface area contributed by atoms with Crippen LogP contribution in [0.4, 0.5) is 0 Å². The van der Waals surface area contributed by atoms with Gasteiger partial charge in [-0.1, -0.05) is 0 Å². The smallest absolute Gasteiger partial charge is 0.0299 e.